The predicted molar refractivity (Wildman–Crippen MR) is 77.1 cm³/mol. The van der Waals surface area contributed by atoms with Crippen LogP contribution in [0.5, 0.6) is 0 Å². The van der Waals surface area contributed by atoms with Crippen molar-refractivity contribution < 1.29 is 4.39 Å². The Hall–Kier alpha value is -2.41. The van der Waals surface area contributed by atoms with Gasteiger partial charge in [0.15, 0.2) is 5.65 Å². The molecule has 0 unspecified atom stereocenters. The molecule has 0 aliphatic rings. The minimum atomic E-state index is -0.549. The van der Waals surface area contributed by atoms with Crippen LogP contribution in [-0.4, -0.2) is 19.5 Å². The van der Waals surface area contributed by atoms with Crippen LogP contribution >= 0.6 is 11.6 Å². The van der Waals surface area contributed by atoms with Crippen molar-refractivity contribution in [1.29, 1.82) is 0 Å². The number of aromatic amines is 2. The van der Waals surface area contributed by atoms with Gasteiger partial charge in [0.05, 0.1) is 5.02 Å². The van der Waals surface area contributed by atoms with E-state index in [2.05, 4.69) is 15.0 Å². The Kier molecular flexibility index (Phi) is 3.13. The molecule has 0 bridgehead atoms. The summed E-state index contributed by atoms with van der Waals surface area (Å²) in [6, 6.07) is 4.10. The number of halogens is 2. The minimum Gasteiger partial charge on any atom is -0.332 e. The van der Waals surface area contributed by atoms with Crippen LogP contribution in [0.1, 0.15) is 6.92 Å². The molecule has 6 nitrogen and oxygen atoms in total. The van der Waals surface area contributed by atoms with E-state index in [0.29, 0.717) is 17.9 Å². The van der Waals surface area contributed by atoms with Gasteiger partial charge in [-0.25, -0.2) is 14.2 Å². The molecule has 0 saturated heterocycles. The summed E-state index contributed by atoms with van der Waals surface area (Å²) in [5.41, 5.74) is -0.113. The van der Waals surface area contributed by atoms with E-state index in [0.717, 1.165) is 0 Å². The molecule has 3 rings (SSSR count). The van der Waals surface area contributed by atoms with Crippen molar-refractivity contribution in [3.05, 3.63) is 49.9 Å². The Balaban J connectivity index is 2.30. The fourth-order valence-corrected chi connectivity index (χ4v) is 2.30. The number of hydrogen-bond acceptors (Lipinski definition) is 3. The average molecular weight is 309 g/mol. The van der Waals surface area contributed by atoms with Crippen LogP contribution in [0.15, 0.2) is 27.8 Å². The lowest BCUT2D eigenvalue weighted by Crippen LogP contribution is -2.29. The molecule has 0 spiro atoms. The van der Waals surface area contributed by atoms with Crippen LogP contribution < -0.4 is 11.2 Å². The van der Waals surface area contributed by atoms with E-state index in [9.17, 15) is 14.0 Å². The molecule has 2 aromatic heterocycles. The van der Waals surface area contributed by atoms with Crippen molar-refractivity contribution in [3.63, 3.8) is 0 Å². The Labute approximate surface area is 122 Å². The second kappa shape index (κ2) is 4.85. The van der Waals surface area contributed by atoms with E-state index >= 15 is 0 Å². The number of nitrogens with zero attached hydrogens (tertiary/aromatic N) is 2. The highest BCUT2D eigenvalue weighted by molar-refractivity contribution is 6.31. The van der Waals surface area contributed by atoms with Gasteiger partial charge in [-0.15, -0.1) is 0 Å². The number of nitrogens with one attached hydrogen (secondary N) is 2. The van der Waals surface area contributed by atoms with Gasteiger partial charge in [-0.05, 0) is 25.1 Å². The first-order chi connectivity index (χ1) is 10.0. The van der Waals surface area contributed by atoms with Crippen LogP contribution in [-0.2, 0) is 6.54 Å². The number of imidazole rings is 1. The molecule has 2 N–H and O–H groups in total. The van der Waals surface area contributed by atoms with Crippen LogP contribution in [0.25, 0.3) is 22.6 Å². The fourth-order valence-electron chi connectivity index (χ4n) is 2.11. The van der Waals surface area contributed by atoms with Gasteiger partial charge in [-0.2, -0.15) is 0 Å². The number of rotatable bonds is 2. The Morgan fingerprint density at radius 3 is 2.76 bits per heavy atom. The zero-order valence-corrected chi connectivity index (χ0v) is 11.7. The zero-order chi connectivity index (χ0) is 15.1. The average Bonchev–Trinajstić information content (AvgIpc) is 2.87. The zero-order valence-electron chi connectivity index (χ0n) is 10.9. The van der Waals surface area contributed by atoms with Crippen molar-refractivity contribution in [2.45, 2.75) is 13.5 Å². The number of benzene rings is 1. The maximum absolute atomic E-state index is 13.2. The largest absolute Gasteiger partial charge is 0.332 e. The van der Waals surface area contributed by atoms with Crippen LogP contribution in [0.4, 0.5) is 4.39 Å². The quantitative estimate of drug-likeness (QED) is 0.758. The third-order valence-electron chi connectivity index (χ3n) is 3.14. The summed E-state index contributed by atoms with van der Waals surface area (Å²) in [7, 11) is 0. The van der Waals surface area contributed by atoms with Crippen molar-refractivity contribution in [2.75, 3.05) is 0 Å². The Morgan fingerprint density at radius 2 is 2.10 bits per heavy atom. The van der Waals surface area contributed by atoms with E-state index in [1.165, 1.54) is 22.8 Å². The van der Waals surface area contributed by atoms with E-state index in [1.807, 2.05) is 0 Å². The van der Waals surface area contributed by atoms with E-state index in [-0.39, 0.29) is 16.2 Å². The molecule has 0 radical (unpaired) electrons. The molecule has 108 valence electrons. The minimum absolute atomic E-state index is 0.0465. The molecule has 0 aliphatic carbocycles. The van der Waals surface area contributed by atoms with Crippen LogP contribution in [0.2, 0.25) is 5.02 Å². The van der Waals surface area contributed by atoms with Gasteiger partial charge < -0.3 is 4.98 Å². The molecule has 0 aliphatic heterocycles. The van der Waals surface area contributed by atoms with Crippen LogP contribution in [0.3, 0.4) is 0 Å². The molecule has 21 heavy (non-hydrogen) atoms. The maximum Gasteiger partial charge on any atom is 0.330 e. The van der Waals surface area contributed by atoms with Crippen LogP contribution in [0, 0.1) is 5.82 Å². The number of hydrogen-bond donors (Lipinski definition) is 2. The topological polar surface area (TPSA) is 83.5 Å². The van der Waals surface area contributed by atoms with Crippen molar-refractivity contribution in [2.24, 2.45) is 0 Å². The molecule has 0 amide bonds. The lowest BCUT2D eigenvalue weighted by Gasteiger charge is -2.00. The first kappa shape index (κ1) is 13.6. The van der Waals surface area contributed by atoms with Gasteiger partial charge in [-0.1, -0.05) is 11.6 Å². The maximum atomic E-state index is 13.2. The molecule has 0 atom stereocenters. The van der Waals surface area contributed by atoms with Gasteiger partial charge in [0.25, 0.3) is 5.56 Å². The lowest BCUT2D eigenvalue weighted by atomic mass is 10.2. The van der Waals surface area contributed by atoms with E-state index < -0.39 is 17.1 Å². The Morgan fingerprint density at radius 1 is 1.33 bits per heavy atom. The molecule has 0 saturated carbocycles. The number of aromatic nitrogens is 4. The fraction of sp³-hybridized carbons (Fsp3) is 0.154. The summed E-state index contributed by atoms with van der Waals surface area (Å²) in [4.78, 5) is 32.8. The molecule has 2 heterocycles. The van der Waals surface area contributed by atoms with Gasteiger partial charge in [0.1, 0.15) is 17.2 Å². The third-order valence-corrected chi connectivity index (χ3v) is 3.43. The third kappa shape index (κ3) is 2.15. The SMILES string of the molecule is CCn1c(=O)[nH]c(=O)c2[nH]c(-c3ccc(F)c(Cl)c3)nc21. The molecule has 0 fully saturated rings. The summed E-state index contributed by atoms with van der Waals surface area (Å²) >= 11 is 5.74. The number of H-pyrrole nitrogens is 2. The molecule has 1 aromatic carbocycles. The van der Waals surface area contributed by atoms with E-state index in [4.69, 9.17) is 11.6 Å². The second-order valence-corrected chi connectivity index (χ2v) is 4.82. The summed E-state index contributed by atoms with van der Waals surface area (Å²) in [6.07, 6.45) is 0. The van der Waals surface area contributed by atoms with Crippen molar-refractivity contribution in [1.82, 2.24) is 19.5 Å². The second-order valence-electron chi connectivity index (χ2n) is 4.42. The first-order valence-corrected chi connectivity index (χ1v) is 6.57. The highest BCUT2D eigenvalue weighted by Gasteiger charge is 2.13. The number of aryl methyl sites for hydroxylation is 1. The van der Waals surface area contributed by atoms with Gasteiger partial charge in [-0.3, -0.25) is 14.3 Å². The highest BCUT2D eigenvalue weighted by Crippen LogP contribution is 2.23. The first-order valence-electron chi connectivity index (χ1n) is 6.19. The molecule has 8 heteroatoms. The molecular formula is C13H10ClFN4O2. The lowest BCUT2D eigenvalue weighted by molar-refractivity contribution is 0.628. The number of fused-ring (bicyclic) bond motifs is 1. The smallest absolute Gasteiger partial charge is 0.330 e. The Bertz CT molecular complexity index is 957. The predicted octanol–water partition coefficient (Wildman–Crippen LogP) is 1.89. The van der Waals surface area contributed by atoms with Gasteiger partial charge >= 0.3 is 5.69 Å². The normalized spacial score (nSPS) is 11.2. The van der Waals surface area contributed by atoms with Crippen molar-refractivity contribution in [3.8, 4) is 11.4 Å². The summed E-state index contributed by atoms with van der Waals surface area (Å²) in [5.74, 6) is -0.204. The molecular weight excluding hydrogens is 299 g/mol. The van der Waals surface area contributed by atoms with Gasteiger partial charge in [0, 0.05) is 12.1 Å². The van der Waals surface area contributed by atoms with E-state index in [1.54, 1.807) is 6.92 Å². The summed E-state index contributed by atoms with van der Waals surface area (Å²) in [5, 5.41) is -0.0465. The summed E-state index contributed by atoms with van der Waals surface area (Å²) < 4.78 is 14.5. The molecule has 3 aromatic rings. The van der Waals surface area contributed by atoms with Gasteiger partial charge in [0.2, 0.25) is 0 Å². The van der Waals surface area contributed by atoms with Crippen molar-refractivity contribution >= 4 is 22.8 Å². The monoisotopic (exact) mass is 308 g/mol. The standard InChI is InChI=1S/C13H10ClFN4O2/c1-2-19-11-9(12(20)18-13(19)21)16-10(17-11)6-3-4-8(15)7(14)5-6/h3-5H,2H2,1H3,(H,16,17)(H,18,20,21). The summed E-state index contributed by atoms with van der Waals surface area (Å²) in [6.45, 7) is 2.13. The highest BCUT2D eigenvalue weighted by atomic mass is 35.5.